The van der Waals surface area contributed by atoms with E-state index in [0.29, 0.717) is 25.6 Å². The molecule has 1 aliphatic heterocycles. The monoisotopic (exact) mass is 362 g/mol. The number of halogens is 1. The number of urea groups is 1. The van der Waals surface area contributed by atoms with Crippen LogP contribution in [0.2, 0.25) is 0 Å². The number of benzene rings is 1. The zero-order valence-corrected chi connectivity index (χ0v) is 15.1. The van der Waals surface area contributed by atoms with Gasteiger partial charge in [0.25, 0.3) is 0 Å². The van der Waals surface area contributed by atoms with Crippen LogP contribution in [-0.2, 0) is 13.1 Å². The van der Waals surface area contributed by atoms with Crippen molar-refractivity contribution in [3.63, 3.8) is 0 Å². The molecule has 5 nitrogen and oxygen atoms in total. The number of carbonyl (C=O) groups is 1. The van der Waals surface area contributed by atoms with Crippen molar-refractivity contribution in [2.75, 3.05) is 26.7 Å². The smallest absolute Gasteiger partial charge is 0.317 e. The van der Waals surface area contributed by atoms with Gasteiger partial charge in [-0.3, -0.25) is 4.90 Å². The highest BCUT2D eigenvalue weighted by Gasteiger charge is 2.24. The summed E-state index contributed by atoms with van der Waals surface area (Å²) in [5.41, 5.74) is 0.732. The maximum atomic E-state index is 13.7. The van der Waals surface area contributed by atoms with Crippen molar-refractivity contribution in [1.29, 1.82) is 0 Å². The summed E-state index contributed by atoms with van der Waals surface area (Å²) in [5, 5.41) is 5.83. The van der Waals surface area contributed by atoms with Gasteiger partial charge in [0, 0.05) is 43.8 Å². The minimum absolute atomic E-state index is 0.0808. The number of likely N-dealkylation sites (tertiary alicyclic amines) is 1. The predicted molar refractivity (Wildman–Crippen MR) is 96.8 cm³/mol. The molecule has 134 valence electrons. The van der Waals surface area contributed by atoms with Crippen LogP contribution in [0.3, 0.4) is 0 Å². The average molecular weight is 362 g/mol. The van der Waals surface area contributed by atoms with Crippen LogP contribution in [0, 0.1) is 11.7 Å². The summed E-state index contributed by atoms with van der Waals surface area (Å²) in [6.07, 6.45) is 2.76. The third-order valence-electron chi connectivity index (χ3n) is 4.47. The van der Waals surface area contributed by atoms with E-state index < -0.39 is 0 Å². The fourth-order valence-corrected chi connectivity index (χ4v) is 3.73. The molecule has 1 atom stereocenters. The van der Waals surface area contributed by atoms with Gasteiger partial charge >= 0.3 is 6.03 Å². The summed E-state index contributed by atoms with van der Waals surface area (Å²) in [6.45, 7) is 3.61. The van der Waals surface area contributed by atoms with Crippen molar-refractivity contribution in [1.82, 2.24) is 20.1 Å². The number of hydrogen-bond donors (Lipinski definition) is 1. The number of nitrogens with one attached hydrogen (secondary N) is 1. The van der Waals surface area contributed by atoms with Gasteiger partial charge in [-0.05, 0) is 24.9 Å². The minimum atomic E-state index is -0.150. The number of thiazole rings is 1. The lowest BCUT2D eigenvalue weighted by atomic mass is 10.1. The summed E-state index contributed by atoms with van der Waals surface area (Å²) < 4.78 is 13.7. The zero-order chi connectivity index (χ0) is 17.6. The number of hydrogen-bond acceptors (Lipinski definition) is 4. The summed E-state index contributed by atoms with van der Waals surface area (Å²) in [6, 6.07) is 6.83. The van der Waals surface area contributed by atoms with Crippen LogP contribution in [0.25, 0.3) is 0 Å². The molecule has 0 bridgehead atoms. The van der Waals surface area contributed by atoms with E-state index in [-0.39, 0.29) is 11.8 Å². The van der Waals surface area contributed by atoms with Crippen molar-refractivity contribution in [3.05, 3.63) is 52.2 Å². The van der Waals surface area contributed by atoms with Crippen LogP contribution < -0.4 is 5.32 Å². The Morgan fingerprint density at radius 2 is 2.32 bits per heavy atom. The van der Waals surface area contributed by atoms with E-state index >= 15 is 0 Å². The molecule has 1 aromatic heterocycles. The van der Waals surface area contributed by atoms with Gasteiger partial charge in [-0.2, -0.15) is 0 Å². The van der Waals surface area contributed by atoms with Gasteiger partial charge < -0.3 is 10.2 Å². The first-order chi connectivity index (χ1) is 12.1. The molecule has 0 spiro atoms. The largest absolute Gasteiger partial charge is 0.338 e. The van der Waals surface area contributed by atoms with Crippen LogP contribution in [0.4, 0.5) is 9.18 Å². The summed E-state index contributed by atoms with van der Waals surface area (Å²) >= 11 is 1.54. The third kappa shape index (κ3) is 4.99. The van der Waals surface area contributed by atoms with E-state index in [0.717, 1.165) is 30.1 Å². The van der Waals surface area contributed by atoms with Crippen molar-refractivity contribution in [2.45, 2.75) is 19.5 Å². The Hall–Kier alpha value is -1.99. The van der Waals surface area contributed by atoms with E-state index in [9.17, 15) is 9.18 Å². The molecular formula is C18H23FN4OS. The molecular weight excluding hydrogens is 339 g/mol. The SMILES string of the molecule is CN(Cc1nccs1)C(=O)NCC1CCN(Cc2ccccc2F)C1. The van der Waals surface area contributed by atoms with Gasteiger partial charge in [0.05, 0.1) is 6.54 Å². The molecule has 0 radical (unpaired) electrons. The molecule has 1 aliphatic rings. The highest BCUT2D eigenvalue weighted by molar-refractivity contribution is 7.09. The molecule has 0 aliphatic carbocycles. The molecule has 1 saturated heterocycles. The Balaban J connectivity index is 1.41. The first kappa shape index (κ1) is 17.8. The first-order valence-electron chi connectivity index (χ1n) is 8.45. The standard InChI is InChI=1S/C18H23FN4OS/c1-22(13-17-20-7-9-25-17)18(24)21-10-14-6-8-23(11-14)12-15-4-2-3-5-16(15)19/h2-5,7,9,14H,6,8,10-13H2,1H3,(H,21,24). The fourth-order valence-electron chi connectivity index (χ4n) is 3.06. The Labute approximate surface area is 151 Å². The summed E-state index contributed by atoms with van der Waals surface area (Å²) in [4.78, 5) is 20.3. The number of rotatable bonds is 6. The molecule has 1 aromatic carbocycles. The van der Waals surface area contributed by atoms with Gasteiger partial charge in [0.2, 0.25) is 0 Å². The second kappa shape index (κ2) is 8.40. The van der Waals surface area contributed by atoms with Crippen molar-refractivity contribution in [3.8, 4) is 0 Å². The Kier molecular flexibility index (Phi) is 5.99. The van der Waals surface area contributed by atoms with E-state index in [2.05, 4.69) is 15.2 Å². The van der Waals surface area contributed by atoms with E-state index in [1.807, 2.05) is 17.5 Å². The summed E-state index contributed by atoms with van der Waals surface area (Å²) in [7, 11) is 1.77. The number of aromatic nitrogens is 1. The highest BCUT2D eigenvalue weighted by Crippen LogP contribution is 2.19. The molecule has 1 N–H and O–H groups in total. The lowest BCUT2D eigenvalue weighted by molar-refractivity contribution is 0.204. The lowest BCUT2D eigenvalue weighted by Crippen LogP contribution is -2.39. The maximum absolute atomic E-state index is 13.7. The fraction of sp³-hybridized carbons (Fsp3) is 0.444. The lowest BCUT2D eigenvalue weighted by Gasteiger charge is -2.19. The Bertz CT molecular complexity index is 694. The van der Waals surface area contributed by atoms with Crippen molar-refractivity contribution < 1.29 is 9.18 Å². The Morgan fingerprint density at radius 1 is 1.48 bits per heavy atom. The molecule has 2 amide bonds. The van der Waals surface area contributed by atoms with Gasteiger partial charge in [0.1, 0.15) is 10.8 Å². The van der Waals surface area contributed by atoms with E-state index in [1.54, 1.807) is 35.5 Å². The molecule has 1 fully saturated rings. The number of nitrogens with zero attached hydrogens (tertiary/aromatic N) is 3. The van der Waals surface area contributed by atoms with Gasteiger partial charge in [-0.1, -0.05) is 18.2 Å². The molecule has 7 heteroatoms. The average Bonchev–Trinajstić information content (AvgIpc) is 3.26. The topological polar surface area (TPSA) is 48.5 Å². The van der Waals surface area contributed by atoms with Crippen LogP contribution in [0.5, 0.6) is 0 Å². The first-order valence-corrected chi connectivity index (χ1v) is 9.33. The minimum Gasteiger partial charge on any atom is -0.338 e. The number of amides is 2. The molecule has 2 heterocycles. The van der Waals surface area contributed by atoms with Crippen LogP contribution in [-0.4, -0.2) is 47.5 Å². The summed E-state index contributed by atoms with van der Waals surface area (Å²) in [5.74, 6) is 0.257. The second-order valence-corrected chi connectivity index (χ2v) is 7.43. The normalized spacial score (nSPS) is 17.6. The molecule has 0 saturated carbocycles. The van der Waals surface area contributed by atoms with E-state index in [4.69, 9.17) is 0 Å². The maximum Gasteiger partial charge on any atom is 0.317 e. The Morgan fingerprint density at radius 3 is 3.08 bits per heavy atom. The van der Waals surface area contributed by atoms with Crippen molar-refractivity contribution >= 4 is 17.4 Å². The quantitative estimate of drug-likeness (QED) is 0.860. The van der Waals surface area contributed by atoms with E-state index in [1.165, 1.54) is 6.07 Å². The van der Waals surface area contributed by atoms with Gasteiger partial charge in [0.15, 0.2) is 0 Å². The molecule has 2 aromatic rings. The number of carbonyl (C=O) groups excluding carboxylic acids is 1. The third-order valence-corrected chi connectivity index (χ3v) is 5.23. The molecule has 1 unspecified atom stereocenters. The van der Waals surface area contributed by atoms with Gasteiger partial charge in [-0.25, -0.2) is 14.2 Å². The molecule has 3 rings (SSSR count). The molecule has 25 heavy (non-hydrogen) atoms. The van der Waals surface area contributed by atoms with Crippen LogP contribution in [0.1, 0.15) is 17.0 Å². The highest BCUT2D eigenvalue weighted by atomic mass is 32.1. The van der Waals surface area contributed by atoms with Crippen LogP contribution in [0.15, 0.2) is 35.8 Å². The zero-order valence-electron chi connectivity index (χ0n) is 14.3. The second-order valence-electron chi connectivity index (χ2n) is 6.45. The van der Waals surface area contributed by atoms with Crippen LogP contribution >= 0.6 is 11.3 Å². The van der Waals surface area contributed by atoms with Crippen molar-refractivity contribution in [2.24, 2.45) is 5.92 Å². The predicted octanol–water partition coefficient (Wildman–Crippen LogP) is 2.95. The van der Waals surface area contributed by atoms with Gasteiger partial charge in [-0.15, -0.1) is 11.3 Å².